The summed E-state index contributed by atoms with van der Waals surface area (Å²) in [6.45, 7) is 0.600. The van der Waals surface area contributed by atoms with Gasteiger partial charge in [0, 0.05) is 24.5 Å². The molecule has 1 heterocycles. The van der Waals surface area contributed by atoms with Crippen LogP contribution in [-0.2, 0) is 17.6 Å². The number of hydrogen-bond acceptors (Lipinski definition) is 4. The molecular formula is C16H20NNaO3. The number of ether oxygens (including phenoxy) is 1. The van der Waals surface area contributed by atoms with Gasteiger partial charge in [0.25, 0.3) is 0 Å². The Kier molecular flexibility index (Phi) is 5.36. The molecular weight excluding hydrogens is 277 g/mol. The summed E-state index contributed by atoms with van der Waals surface area (Å²) in [7, 11) is 3.72. The quantitative estimate of drug-likeness (QED) is 0.566. The number of fused-ring (bicyclic) bond motifs is 2. The fourth-order valence-corrected chi connectivity index (χ4v) is 3.87. The first-order valence-corrected chi connectivity index (χ1v) is 7.16. The van der Waals surface area contributed by atoms with Crippen molar-refractivity contribution in [1.29, 1.82) is 0 Å². The topological polar surface area (TPSA) is 52.6 Å². The fourth-order valence-electron chi connectivity index (χ4n) is 3.87. The Hall–Kier alpha value is -0.550. The number of benzene rings is 1. The first-order valence-electron chi connectivity index (χ1n) is 7.16. The number of carboxylic acid groups (broad SMARTS) is 1. The number of carboxylic acids is 1. The molecule has 2 aliphatic rings. The molecule has 0 radical (unpaired) electrons. The zero-order valence-electron chi connectivity index (χ0n) is 13.0. The zero-order chi connectivity index (χ0) is 14.3. The van der Waals surface area contributed by atoms with Crippen LogP contribution >= 0.6 is 0 Å². The van der Waals surface area contributed by atoms with Crippen LogP contribution < -0.4 is 39.4 Å². The number of likely N-dealkylation sites (N-methyl/N-ethyl adjacent to an activating group) is 1. The molecule has 5 heteroatoms. The van der Waals surface area contributed by atoms with Crippen LogP contribution in [0.4, 0.5) is 0 Å². The molecule has 1 aliphatic heterocycles. The predicted octanol–water partition coefficient (Wildman–Crippen LogP) is -2.52. The van der Waals surface area contributed by atoms with Gasteiger partial charge in [-0.25, -0.2) is 0 Å². The number of hydrogen-bond donors (Lipinski definition) is 0. The van der Waals surface area contributed by atoms with E-state index in [2.05, 4.69) is 11.0 Å². The Morgan fingerprint density at radius 1 is 1.38 bits per heavy atom. The van der Waals surface area contributed by atoms with E-state index in [1.807, 2.05) is 19.2 Å². The molecule has 1 aliphatic carbocycles. The van der Waals surface area contributed by atoms with Crippen molar-refractivity contribution in [2.75, 3.05) is 20.7 Å². The molecule has 0 N–H and O–H groups in total. The minimum Gasteiger partial charge on any atom is -0.550 e. The van der Waals surface area contributed by atoms with Gasteiger partial charge in [-0.3, -0.25) is 0 Å². The second-order valence-electron chi connectivity index (χ2n) is 6.02. The molecule has 21 heavy (non-hydrogen) atoms. The van der Waals surface area contributed by atoms with Crippen molar-refractivity contribution >= 4 is 5.97 Å². The van der Waals surface area contributed by atoms with Crippen molar-refractivity contribution in [3.05, 3.63) is 29.3 Å². The third-order valence-electron chi connectivity index (χ3n) is 4.88. The minimum atomic E-state index is -0.916. The van der Waals surface area contributed by atoms with E-state index >= 15 is 0 Å². The van der Waals surface area contributed by atoms with Crippen LogP contribution in [-0.4, -0.2) is 37.6 Å². The SMILES string of the molecule is COc1cccc2c1C[C@@H]1C[C@H](C(=O)[O-])CN(C)[C@H]1C2.[Na+]. The zero-order valence-corrected chi connectivity index (χ0v) is 15.0. The molecule has 0 bridgehead atoms. The molecule has 0 unspecified atom stereocenters. The van der Waals surface area contributed by atoms with E-state index in [-0.39, 0.29) is 35.5 Å². The summed E-state index contributed by atoms with van der Waals surface area (Å²) in [5.41, 5.74) is 2.59. The van der Waals surface area contributed by atoms with Crippen LogP contribution in [0, 0.1) is 11.8 Å². The Morgan fingerprint density at radius 3 is 2.81 bits per heavy atom. The molecule has 108 valence electrons. The first-order chi connectivity index (χ1) is 9.60. The number of piperidine rings is 1. The van der Waals surface area contributed by atoms with Crippen LogP contribution in [0.25, 0.3) is 0 Å². The molecule has 3 rings (SSSR count). The van der Waals surface area contributed by atoms with Crippen LogP contribution in [0.3, 0.4) is 0 Å². The van der Waals surface area contributed by atoms with E-state index in [4.69, 9.17) is 4.74 Å². The van der Waals surface area contributed by atoms with Gasteiger partial charge in [0.15, 0.2) is 0 Å². The van der Waals surface area contributed by atoms with Gasteiger partial charge in [0.05, 0.1) is 7.11 Å². The molecule has 1 aromatic carbocycles. The smallest absolute Gasteiger partial charge is 0.550 e. The van der Waals surface area contributed by atoms with Gasteiger partial charge >= 0.3 is 29.6 Å². The number of rotatable bonds is 2. The summed E-state index contributed by atoms with van der Waals surface area (Å²) in [5.74, 6) is 0.0401. The summed E-state index contributed by atoms with van der Waals surface area (Å²) >= 11 is 0. The van der Waals surface area contributed by atoms with Crippen molar-refractivity contribution in [2.24, 2.45) is 11.8 Å². The molecule has 4 nitrogen and oxygen atoms in total. The van der Waals surface area contributed by atoms with Crippen molar-refractivity contribution in [3.63, 3.8) is 0 Å². The molecule has 1 saturated heterocycles. The van der Waals surface area contributed by atoms with Crippen molar-refractivity contribution in [3.8, 4) is 5.75 Å². The van der Waals surface area contributed by atoms with Gasteiger partial charge in [0.1, 0.15) is 5.75 Å². The molecule has 1 fully saturated rings. The summed E-state index contributed by atoms with van der Waals surface area (Å²) in [6, 6.07) is 6.62. The number of nitrogens with zero attached hydrogens (tertiary/aromatic N) is 1. The average Bonchev–Trinajstić information content (AvgIpc) is 2.44. The van der Waals surface area contributed by atoms with Gasteiger partial charge in [-0.1, -0.05) is 12.1 Å². The maximum Gasteiger partial charge on any atom is 1.00 e. The molecule has 3 atom stereocenters. The molecule has 0 saturated carbocycles. The van der Waals surface area contributed by atoms with Crippen LogP contribution in [0.2, 0.25) is 0 Å². The van der Waals surface area contributed by atoms with Gasteiger partial charge in [0.2, 0.25) is 0 Å². The second kappa shape index (κ2) is 6.69. The van der Waals surface area contributed by atoms with Gasteiger partial charge < -0.3 is 19.5 Å². The third-order valence-corrected chi connectivity index (χ3v) is 4.88. The normalized spacial score (nSPS) is 28.0. The summed E-state index contributed by atoms with van der Waals surface area (Å²) in [5, 5.41) is 11.2. The average molecular weight is 297 g/mol. The van der Waals surface area contributed by atoms with E-state index < -0.39 is 5.97 Å². The Labute approximate surface area is 147 Å². The minimum absolute atomic E-state index is 0. The standard InChI is InChI=1S/C16H21NO3.Na/c1-17-9-12(16(18)19)6-11-7-13-10(8-14(11)17)4-3-5-15(13)20-2;/h3-5,11-12,14H,6-9H2,1-2H3,(H,18,19);/q;+1/p-1/t11-,12-,14-;/m0./s1. The van der Waals surface area contributed by atoms with E-state index in [0.717, 1.165) is 25.0 Å². The van der Waals surface area contributed by atoms with E-state index in [0.29, 0.717) is 18.5 Å². The Bertz CT molecular complexity index is 534. The number of aliphatic carboxylic acids is 1. The van der Waals surface area contributed by atoms with Gasteiger partial charge in [-0.05, 0) is 49.4 Å². The Balaban J connectivity index is 0.00000161. The summed E-state index contributed by atoms with van der Waals surface area (Å²) in [4.78, 5) is 13.4. The largest absolute Gasteiger partial charge is 1.00 e. The van der Waals surface area contributed by atoms with Crippen molar-refractivity contribution in [2.45, 2.75) is 25.3 Å². The van der Waals surface area contributed by atoms with Crippen LogP contribution in [0.5, 0.6) is 5.75 Å². The third kappa shape index (κ3) is 3.14. The van der Waals surface area contributed by atoms with Crippen molar-refractivity contribution < 1.29 is 44.2 Å². The number of likely N-dealkylation sites (tertiary alicyclic amines) is 1. The predicted molar refractivity (Wildman–Crippen MR) is 73.4 cm³/mol. The molecule has 0 spiro atoms. The number of carbonyl (C=O) groups excluding carboxylic acids is 1. The monoisotopic (exact) mass is 297 g/mol. The van der Waals surface area contributed by atoms with Gasteiger partial charge in [-0.2, -0.15) is 0 Å². The maximum absolute atomic E-state index is 11.2. The summed E-state index contributed by atoms with van der Waals surface area (Å²) < 4.78 is 5.45. The number of carbonyl (C=O) groups is 1. The molecule has 0 amide bonds. The van der Waals surface area contributed by atoms with Crippen molar-refractivity contribution in [1.82, 2.24) is 4.90 Å². The van der Waals surface area contributed by atoms with E-state index in [1.54, 1.807) is 7.11 Å². The second-order valence-corrected chi connectivity index (χ2v) is 6.02. The van der Waals surface area contributed by atoms with E-state index in [9.17, 15) is 9.90 Å². The van der Waals surface area contributed by atoms with E-state index in [1.165, 1.54) is 11.1 Å². The molecule has 1 aromatic rings. The summed E-state index contributed by atoms with van der Waals surface area (Å²) in [6.07, 6.45) is 2.60. The van der Waals surface area contributed by atoms with Crippen LogP contribution in [0.1, 0.15) is 17.5 Å². The number of methoxy groups -OCH3 is 1. The first kappa shape index (κ1) is 16.8. The fraction of sp³-hybridized carbons (Fsp3) is 0.562. The Morgan fingerprint density at radius 2 is 2.14 bits per heavy atom. The van der Waals surface area contributed by atoms with Crippen LogP contribution in [0.15, 0.2) is 18.2 Å². The van der Waals surface area contributed by atoms with Gasteiger partial charge in [-0.15, -0.1) is 0 Å². The maximum atomic E-state index is 11.2. The molecule has 0 aromatic heterocycles.